The van der Waals surface area contributed by atoms with Crippen LogP contribution in [-0.4, -0.2) is 49.6 Å². The Morgan fingerprint density at radius 2 is 2.15 bits per heavy atom. The molecule has 0 bridgehead atoms. The van der Waals surface area contributed by atoms with Crippen LogP contribution in [0.1, 0.15) is 25.3 Å². The van der Waals surface area contributed by atoms with Crippen LogP contribution < -0.4 is 10.2 Å². The molecule has 0 saturated carbocycles. The van der Waals surface area contributed by atoms with Crippen LogP contribution in [0.25, 0.3) is 0 Å². The Bertz CT molecular complexity index is 449. The number of nitrogens with one attached hydrogen (secondary N) is 1. The van der Waals surface area contributed by atoms with Gasteiger partial charge < -0.3 is 15.1 Å². The van der Waals surface area contributed by atoms with Gasteiger partial charge in [-0.1, -0.05) is 6.07 Å². The highest BCUT2D eigenvalue weighted by Gasteiger charge is 2.15. The van der Waals surface area contributed by atoms with Crippen molar-refractivity contribution in [3.63, 3.8) is 0 Å². The van der Waals surface area contributed by atoms with E-state index in [-0.39, 0.29) is 0 Å². The van der Waals surface area contributed by atoms with Crippen molar-refractivity contribution in [3.8, 4) is 0 Å². The summed E-state index contributed by atoms with van der Waals surface area (Å²) in [6.07, 6.45) is 4.36. The molecule has 0 aromatic carbocycles. The maximum Gasteiger partial charge on any atom is 0.194 e. The molecule has 1 N–H and O–H groups in total. The van der Waals surface area contributed by atoms with Crippen molar-refractivity contribution in [1.82, 2.24) is 15.2 Å². The molecule has 1 aliphatic heterocycles. The van der Waals surface area contributed by atoms with Gasteiger partial charge in [0.2, 0.25) is 0 Å². The van der Waals surface area contributed by atoms with Crippen LogP contribution in [0.15, 0.2) is 23.3 Å². The summed E-state index contributed by atoms with van der Waals surface area (Å²) in [5.41, 5.74) is 1.16. The average Bonchev–Trinajstić information content (AvgIpc) is 2.97. The van der Waals surface area contributed by atoms with Crippen LogP contribution in [0, 0.1) is 0 Å². The molecule has 0 aliphatic carbocycles. The summed E-state index contributed by atoms with van der Waals surface area (Å²) in [5, 5.41) is 3.39. The molecular weight excluding hydrogens is 250 g/mol. The van der Waals surface area contributed by atoms with E-state index in [4.69, 9.17) is 4.99 Å². The van der Waals surface area contributed by atoms with Gasteiger partial charge in [-0.25, -0.2) is 9.98 Å². The van der Waals surface area contributed by atoms with Crippen molar-refractivity contribution in [3.05, 3.63) is 23.9 Å². The Hall–Kier alpha value is -1.78. The molecule has 1 fully saturated rings. The van der Waals surface area contributed by atoms with Crippen LogP contribution >= 0.6 is 0 Å². The van der Waals surface area contributed by atoms with Gasteiger partial charge in [0, 0.05) is 45.5 Å². The van der Waals surface area contributed by atoms with Crippen molar-refractivity contribution in [2.45, 2.75) is 26.3 Å². The van der Waals surface area contributed by atoms with Crippen LogP contribution in [-0.2, 0) is 6.54 Å². The van der Waals surface area contributed by atoms with Crippen LogP contribution in [0.3, 0.4) is 0 Å². The average molecular weight is 275 g/mol. The predicted octanol–water partition coefficient (Wildman–Crippen LogP) is 1.71. The van der Waals surface area contributed by atoms with E-state index >= 15 is 0 Å². The molecule has 0 radical (unpaired) electrons. The summed E-state index contributed by atoms with van der Waals surface area (Å²) >= 11 is 0. The van der Waals surface area contributed by atoms with Crippen LogP contribution in [0.5, 0.6) is 0 Å². The fraction of sp³-hybridized carbons (Fsp3) is 0.600. The molecule has 1 aromatic heterocycles. The lowest BCUT2D eigenvalue weighted by molar-refractivity contribution is 0.493. The number of nitrogens with zero attached hydrogens (tertiary/aromatic N) is 4. The van der Waals surface area contributed by atoms with Crippen molar-refractivity contribution in [2.24, 2.45) is 4.99 Å². The molecule has 0 unspecified atom stereocenters. The number of rotatable bonds is 4. The molecule has 0 amide bonds. The lowest BCUT2D eigenvalue weighted by Gasteiger charge is -2.21. The van der Waals surface area contributed by atoms with E-state index in [1.165, 1.54) is 12.8 Å². The van der Waals surface area contributed by atoms with Gasteiger partial charge in [-0.2, -0.15) is 0 Å². The van der Waals surface area contributed by atoms with Crippen molar-refractivity contribution >= 4 is 11.8 Å². The Morgan fingerprint density at radius 1 is 1.40 bits per heavy atom. The van der Waals surface area contributed by atoms with Gasteiger partial charge in [0.25, 0.3) is 0 Å². The van der Waals surface area contributed by atoms with E-state index in [1.807, 2.05) is 31.3 Å². The number of likely N-dealkylation sites (tertiary alicyclic amines) is 1. The Balaban J connectivity index is 2.12. The molecule has 1 saturated heterocycles. The van der Waals surface area contributed by atoms with E-state index < -0.39 is 0 Å². The molecule has 5 heteroatoms. The SMILES string of the molecule is CCNC(=NCc1cccnc1N(C)C)N1CCCC1. The Kier molecular flexibility index (Phi) is 5.21. The van der Waals surface area contributed by atoms with Gasteiger partial charge in [-0.3, -0.25) is 0 Å². The lowest BCUT2D eigenvalue weighted by atomic mass is 10.2. The van der Waals surface area contributed by atoms with Gasteiger partial charge in [-0.05, 0) is 25.8 Å². The maximum atomic E-state index is 4.77. The first-order valence-electron chi connectivity index (χ1n) is 7.37. The third-order valence-electron chi connectivity index (χ3n) is 3.43. The monoisotopic (exact) mass is 275 g/mol. The largest absolute Gasteiger partial charge is 0.362 e. The van der Waals surface area contributed by atoms with E-state index in [0.29, 0.717) is 6.54 Å². The first-order valence-corrected chi connectivity index (χ1v) is 7.37. The summed E-state index contributed by atoms with van der Waals surface area (Å²) < 4.78 is 0. The van der Waals surface area contributed by atoms with E-state index in [1.54, 1.807) is 0 Å². The maximum absolute atomic E-state index is 4.77. The van der Waals surface area contributed by atoms with Crippen LogP contribution in [0.4, 0.5) is 5.82 Å². The number of anilines is 1. The molecule has 2 rings (SSSR count). The zero-order valence-electron chi connectivity index (χ0n) is 12.8. The zero-order valence-corrected chi connectivity index (χ0v) is 12.8. The molecule has 0 spiro atoms. The molecule has 0 atom stereocenters. The Morgan fingerprint density at radius 3 is 2.80 bits per heavy atom. The smallest absolute Gasteiger partial charge is 0.194 e. The van der Waals surface area contributed by atoms with Gasteiger partial charge in [0.1, 0.15) is 5.82 Å². The second-order valence-corrected chi connectivity index (χ2v) is 5.24. The lowest BCUT2D eigenvalue weighted by Crippen LogP contribution is -2.39. The van der Waals surface area contributed by atoms with Gasteiger partial charge >= 0.3 is 0 Å². The number of aromatic nitrogens is 1. The number of hydrogen-bond donors (Lipinski definition) is 1. The van der Waals surface area contributed by atoms with Gasteiger partial charge in [-0.15, -0.1) is 0 Å². The minimum atomic E-state index is 0.667. The van der Waals surface area contributed by atoms with Crippen molar-refractivity contribution in [2.75, 3.05) is 38.6 Å². The van der Waals surface area contributed by atoms with Crippen LogP contribution in [0.2, 0.25) is 0 Å². The Labute approximate surface area is 121 Å². The van der Waals surface area contributed by atoms with Crippen molar-refractivity contribution < 1.29 is 0 Å². The fourth-order valence-corrected chi connectivity index (χ4v) is 2.47. The minimum absolute atomic E-state index is 0.667. The number of guanidine groups is 1. The first-order chi connectivity index (χ1) is 9.72. The van der Waals surface area contributed by atoms with E-state index in [2.05, 4.69) is 28.2 Å². The summed E-state index contributed by atoms with van der Waals surface area (Å²) in [6, 6.07) is 4.07. The normalized spacial score (nSPS) is 15.6. The number of aliphatic imine (C=N–C) groups is 1. The molecule has 1 aromatic rings. The summed E-state index contributed by atoms with van der Waals surface area (Å²) in [5.74, 6) is 2.02. The number of hydrogen-bond acceptors (Lipinski definition) is 3. The van der Waals surface area contributed by atoms with E-state index in [9.17, 15) is 0 Å². The molecular formula is C15H25N5. The molecule has 20 heavy (non-hydrogen) atoms. The van der Waals surface area contributed by atoms with Crippen molar-refractivity contribution in [1.29, 1.82) is 0 Å². The highest BCUT2D eigenvalue weighted by atomic mass is 15.3. The highest BCUT2D eigenvalue weighted by Crippen LogP contribution is 2.16. The first kappa shape index (κ1) is 14.6. The third-order valence-corrected chi connectivity index (χ3v) is 3.43. The van der Waals surface area contributed by atoms with Gasteiger partial charge in [0.15, 0.2) is 5.96 Å². The van der Waals surface area contributed by atoms with E-state index in [0.717, 1.165) is 37.0 Å². The molecule has 2 heterocycles. The summed E-state index contributed by atoms with van der Waals surface area (Å²) in [4.78, 5) is 13.6. The van der Waals surface area contributed by atoms with Gasteiger partial charge in [0.05, 0.1) is 6.54 Å². The quantitative estimate of drug-likeness (QED) is 0.671. The summed E-state index contributed by atoms with van der Waals surface area (Å²) in [7, 11) is 4.03. The zero-order chi connectivity index (χ0) is 14.4. The predicted molar refractivity (Wildman–Crippen MR) is 84.2 cm³/mol. The summed E-state index contributed by atoms with van der Waals surface area (Å²) in [6.45, 7) is 5.91. The molecule has 110 valence electrons. The number of pyridine rings is 1. The second kappa shape index (κ2) is 7.12. The third kappa shape index (κ3) is 3.62. The molecule has 5 nitrogen and oxygen atoms in total. The second-order valence-electron chi connectivity index (χ2n) is 5.24. The standard InChI is InChI=1S/C15H25N5/c1-4-16-15(20-10-5-6-11-20)18-12-13-8-7-9-17-14(13)19(2)3/h7-9H,4-6,10-12H2,1-3H3,(H,16,18). The highest BCUT2D eigenvalue weighted by molar-refractivity contribution is 5.80. The minimum Gasteiger partial charge on any atom is -0.362 e. The fourth-order valence-electron chi connectivity index (χ4n) is 2.47. The molecule has 1 aliphatic rings. The topological polar surface area (TPSA) is 43.8 Å².